The Morgan fingerprint density at radius 1 is 0.865 bits per heavy atom. The Morgan fingerprint density at radius 2 is 1.63 bits per heavy atom. The van der Waals surface area contributed by atoms with E-state index < -0.39 is 11.8 Å². The van der Waals surface area contributed by atoms with E-state index in [4.69, 9.17) is 4.42 Å². The number of para-hydroxylation sites is 1. The van der Waals surface area contributed by atoms with E-state index in [2.05, 4.69) is 20.6 Å². The number of nitrogens with one attached hydrogen (secondary N) is 1. The fourth-order valence-electron chi connectivity index (χ4n) is 6.68. The molecule has 4 aromatic carbocycles. The maximum Gasteiger partial charge on any atom is 0.266 e. The van der Waals surface area contributed by atoms with Crippen molar-refractivity contribution in [1.82, 2.24) is 24.9 Å². The van der Waals surface area contributed by atoms with E-state index in [1.807, 2.05) is 81.4 Å². The summed E-state index contributed by atoms with van der Waals surface area (Å²) in [6.07, 6.45) is 3.18. The fraction of sp³-hybridized carbons (Fsp3) is 0.175. The molecular formula is C40H33N7O5. The van der Waals surface area contributed by atoms with Gasteiger partial charge in [-0.15, -0.1) is 5.10 Å². The predicted octanol–water partition coefficient (Wildman–Crippen LogP) is 6.20. The molecule has 2 aromatic heterocycles. The number of carbonyl (C=O) groups is 4. The molecule has 4 heterocycles. The summed E-state index contributed by atoms with van der Waals surface area (Å²) in [5, 5.41) is 11.6. The highest BCUT2D eigenvalue weighted by Crippen LogP contribution is 2.34. The molecule has 8 rings (SSSR count). The van der Waals surface area contributed by atoms with Gasteiger partial charge in [0.05, 0.1) is 35.5 Å². The third-order valence-electron chi connectivity index (χ3n) is 9.61. The maximum atomic E-state index is 13.5. The number of benzene rings is 4. The number of rotatable bonds is 8. The molecule has 1 N–H and O–H groups in total. The van der Waals surface area contributed by atoms with Gasteiger partial charge in [0.15, 0.2) is 6.39 Å². The van der Waals surface area contributed by atoms with Gasteiger partial charge in [-0.1, -0.05) is 47.7 Å². The van der Waals surface area contributed by atoms with Crippen molar-refractivity contribution < 1.29 is 23.6 Å². The summed E-state index contributed by atoms with van der Waals surface area (Å²) in [7, 11) is 0. The van der Waals surface area contributed by atoms with Crippen LogP contribution in [0.4, 0.5) is 11.4 Å². The number of nitrogens with zero attached hydrogens (tertiary/aromatic N) is 6. The standard InChI is InChI=1S/C40H33N7O5/c1-23-9-10-25(3)35(15-23)47-39(50)30-14-13-27(17-32(30)40(47)51)38(49)45-18-28(19-45)36-34(41-22-52-36)21-46-20-33(43-44-46)26-12-11-24(2)31(16-26)37(48)42-29-7-5-4-6-8-29/h4-17,20,22,28H,18-19,21H2,1-3H3,(H,42,48). The predicted molar refractivity (Wildman–Crippen MR) is 192 cm³/mol. The smallest absolute Gasteiger partial charge is 0.266 e. The lowest BCUT2D eigenvalue weighted by atomic mass is 9.94. The molecule has 6 aromatic rings. The minimum Gasteiger partial charge on any atom is -0.448 e. The zero-order valence-electron chi connectivity index (χ0n) is 28.7. The van der Waals surface area contributed by atoms with Gasteiger partial charge in [-0.25, -0.2) is 14.6 Å². The Labute approximate surface area is 298 Å². The van der Waals surface area contributed by atoms with Gasteiger partial charge in [0, 0.05) is 35.5 Å². The molecule has 0 atom stereocenters. The van der Waals surface area contributed by atoms with Crippen LogP contribution in [-0.4, -0.2) is 61.6 Å². The summed E-state index contributed by atoms with van der Waals surface area (Å²) in [6, 6.07) is 25.2. The molecule has 0 saturated carbocycles. The topological polar surface area (TPSA) is 144 Å². The second-order valence-corrected chi connectivity index (χ2v) is 13.2. The molecular weight excluding hydrogens is 658 g/mol. The minimum atomic E-state index is -0.441. The summed E-state index contributed by atoms with van der Waals surface area (Å²) >= 11 is 0. The van der Waals surface area contributed by atoms with Crippen LogP contribution < -0.4 is 10.2 Å². The van der Waals surface area contributed by atoms with Gasteiger partial charge in [0.1, 0.15) is 17.1 Å². The summed E-state index contributed by atoms with van der Waals surface area (Å²) in [5.41, 5.74) is 7.24. The van der Waals surface area contributed by atoms with E-state index in [1.165, 1.54) is 17.4 Å². The molecule has 0 radical (unpaired) electrons. The first-order valence-corrected chi connectivity index (χ1v) is 16.8. The summed E-state index contributed by atoms with van der Waals surface area (Å²) < 4.78 is 7.44. The largest absolute Gasteiger partial charge is 0.448 e. The maximum absolute atomic E-state index is 13.5. The van der Waals surface area contributed by atoms with Crippen molar-refractivity contribution in [3.8, 4) is 11.3 Å². The Bertz CT molecular complexity index is 2410. The summed E-state index contributed by atoms with van der Waals surface area (Å²) in [5.74, 6) is -0.702. The SMILES string of the molecule is Cc1ccc(C)c(N2C(=O)c3ccc(C(=O)N4CC(c5ocnc5Cn5cc(-c6ccc(C)c(C(=O)Nc7ccccc7)c6)nn5)C4)cc3C2=O)c1. The van der Waals surface area contributed by atoms with Gasteiger partial charge >= 0.3 is 0 Å². The zero-order valence-corrected chi connectivity index (χ0v) is 28.7. The molecule has 2 aliphatic heterocycles. The molecule has 0 aliphatic carbocycles. The second-order valence-electron chi connectivity index (χ2n) is 13.2. The van der Waals surface area contributed by atoms with Crippen LogP contribution in [0.1, 0.15) is 75.5 Å². The van der Waals surface area contributed by atoms with Crippen LogP contribution in [0.15, 0.2) is 102 Å². The zero-order chi connectivity index (χ0) is 36.1. The van der Waals surface area contributed by atoms with Gasteiger partial charge in [-0.3, -0.25) is 19.2 Å². The highest BCUT2D eigenvalue weighted by atomic mass is 16.3. The Hall–Kier alpha value is -6.69. The van der Waals surface area contributed by atoms with E-state index in [9.17, 15) is 19.2 Å². The number of likely N-dealkylation sites (tertiary alicyclic amines) is 1. The van der Waals surface area contributed by atoms with Crippen LogP contribution in [0.3, 0.4) is 0 Å². The van der Waals surface area contributed by atoms with Crippen molar-refractivity contribution in [2.75, 3.05) is 23.3 Å². The average Bonchev–Trinajstić information content (AvgIpc) is 3.84. The molecule has 4 amide bonds. The highest BCUT2D eigenvalue weighted by Gasteiger charge is 2.40. The van der Waals surface area contributed by atoms with Crippen molar-refractivity contribution in [2.45, 2.75) is 33.2 Å². The van der Waals surface area contributed by atoms with Crippen LogP contribution in [0.2, 0.25) is 0 Å². The first kappa shape index (κ1) is 32.5. The van der Waals surface area contributed by atoms with Crippen LogP contribution in [-0.2, 0) is 6.54 Å². The average molecular weight is 692 g/mol. The van der Waals surface area contributed by atoms with Gasteiger partial charge in [-0.05, 0) is 79.9 Å². The molecule has 1 saturated heterocycles. The molecule has 1 fully saturated rings. The van der Waals surface area contributed by atoms with Crippen LogP contribution in [0.25, 0.3) is 11.3 Å². The van der Waals surface area contributed by atoms with E-state index in [-0.39, 0.29) is 28.9 Å². The molecule has 12 heteroatoms. The quantitative estimate of drug-likeness (QED) is 0.186. The number of imide groups is 1. The Balaban J connectivity index is 0.924. The van der Waals surface area contributed by atoms with Crippen molar-refractivity contribution in [3.05, 3.63) is 148 Å². The van der Waals surface area contributed by atoms with Crippen molar-refractivity contribution >= 4 is 35.0 Å². The van der Waals surface area contributed by atoms with Crippen LogP contribution >= 0.6 is 0 Å². The second kappa shape index (κ2) is 12.9. The molecule has 0 unspecified atom stereocenters. The van der Waals surface area contributed by atoms with Gasteiger partial charge < -0.3 is 14.6 Å². The molecule has 52 heavy (non-hydrogen) atoms. The molecule has 0 bridgehead atoms. The summed E-state index contributed by atoms with van der Waals surface area (Å²) in [4.78, 5) is 60.5. The van der Waals surface area contributed by atoms with E-state index >= 15 is 0 Å². The third kappa shape index (κ3) is 5.83. The molecule has 2 aliphatic rings. The number of fused-ring (bicyclic) bond motifs is 1. The highest BCUT2D eigenvalue weighted by molar-refractivity contribution is 6.35. The Morgan fingerprint density at radius 3 is 2.44 bits per heavy atom. The van der Waals surface area contributed by atoms with E-state index in [1.54, 1.807) is 34.0 Å². The van der Waals surface area contributed by atoms with E-state index in [0.717, 1.165) is 22.3 Å². The number of hydrogen-bond donors (Lipinski definition) is 1. The lowest BCUT2D eigenvalue weighted by Gasteiger charge is -2.38. The fourth-order valence-corrected chi connectivity index (χ4v) is 6.68. The van der Waals surface area contributed by atoms with E-state index in [0.29, 0.717) is 59.3 Å². The number of anilines is 2. The number of aromatic nitrogens is 4. The number of oxazole rings is 1. The van der Waals surface area contributed by atoms with Crippen LogP contribution in [0.5, 0.6) is 0 Å². The first-order valence-electron chi connectivity index (χ1n) is 16.8. The van der Waals surface area contributed by atoms with Gasteiger partial charge in [-0.2, -0.15) is 0 Å². The number of hydrogen-bond acceptors (Lipinski definition) is 8. The molecule has 12 nitrogen and oxygen atoms in total. The lowest BCUT2D eigenvalue weighted by Crippen LogP contribution is -2.48. The normalized spacial score (nSPS) is 14.1. The number of aryl methyl sites for hydroxylation is 3. The van der Waals surface area contributed by atoms with Crippen molar-refractivity contribution in [3.63, 3.8) is 0 Å². The number of carbonyl (C=O) groups excluding carboxylic acids is 4. The monoisotopic (exact) mass is 691 g/mol. The Kier molecular flexibility index (Phi) is 8.06. The lowest BCUT2D eigenvalue weighted by molar-refractivity contribution is 0.0580. The number of amides is 4. The van der Waals surface area contributed by atoms with Crippen LogP contribution in [0, 0.1) is 20.8 Å². The molecule has 258 valence electrons. The first-order chi connectivity index (χ1) is 25.1. The minimum absolute atomic E-state index is 0.0790. The van der Waals surface area contributed by atoms with Crippen molar-refractivity contribution in [1.29, 1.82) is 0 Å². The third-order valence-corrected chi connectivity index (χ3v) is 9.61. The summed E-state index contributed by atoms with van der Waals surface area (Å²) in [6.45, 7) is 6.75. The van der Waals surface area contributed by atoms with Crippen molar-refractivity contribution in [2.24, 2.45) is 0 Å². The molecule has 0 spiro atoms. The van der Waals surface area contributed by atoms with Gasteiger partial charge in [0.25, 0.3) is 23.6 Å². The van der Waals surface area contributed by atoms with Gasteiger partial charge in [0.2, 0.25) is 0 Å².